The Hall–Kier alpha value is -0.716. The first-order chi connectivity index (χ1) is 9.92. The largest absolute Gasteiger partial charge is 0.413 e. The highest BCUT2D eigenvalue weighted by molar-refractivity contribution is 6.76. The van der Waals surface area contributed by atoms with Crippen molar-refractivity contribution in [2.75, 3.05) is 6.17 Å². The Morgan fingerprint density at radius 2 is 1.64 bits per heavy atom. The summed E-state index contributed by atoms with van der Waals surface area (Å²) in [6.07, 6.45) is 3.01. The van der Waals surface area contributed by atoms with Crippen LogP contribution in [0.1, 0.15) is 31.9 Å². The minimum atomic E-state index is -1.71. The molecule has 0 radical (unpaired) electrons. The van der Waals surface area contributed by atoms with E-state index in [0.717, 1.165) is 6.17 Å². The Bertz CT molecular complexity index is 511. The van der Waals surface area contributed by atoms with Crippen molar-refractivity contribution >= 4 is 22.6 Å². The molecule has 0 N–H and O–H groups in total. The molecule has 1 rings (SSSR count). The van der Waals surface area contributed by atoms with Crippen LogP contribution >= 0.6 is 0 Å². The van der Waals surface area contributed by atoms with Gasteiger partial charge in [0.05, 0.1) is 14.7 Å². The molecule has 0 saturated carbocycles. The maximum Gasteiger partial charge on any atom is 0.192 e. The first-order valence-corrected chi connectivity index (χ1v) is 14.8. The van der Waals surface area contributed by atoms with Crippen LogP contribution in [-0.4, -0.2) is 28.8 Å². The highest BCUT2D eigenvalue weighted by Gasteiger charge is 2.37. The van der Waals surface area contributed by atoms with Crippen molar-refractivity contribution in [3.05, 3.63) is 35.4 Å². The van der Waals surface area contributed by atoms with Crippen LogP contribution in [0.4, 0.5) is 0 Å². The maximum atomic E-state index is 6.35. The van der Waals surface area contributed by atoms with Crippen LogP contribution < -0.4 is 0 Å². The smallest absolute Gasteiger partial charge is 0.192 e. The van der Waals surface area contributed by atoms with Crippen LogP contribution in [0.15, 0.2) is 29.3 Å². The van der Waals surface area contributed by atoms with E-state index < -0.39 is 16.4 Å². The monoisotopic (exact) mass is 335 g/mol. The number of rotatable bonds is 6. The van der Waals surface area contributed by atoms with Gasteiger partial charge in [-0.05, 0) is 29.3 Å². The van der Waals surface area contributed by atoms with Crippen molar-refractivity contribution in [2.24, 2.45) is 4.99 Å². The van der Waals surface area contributed by atoms with E-state index in [1.807, 2.05) is 6.21 Å². The zero-order chi connectivity index (χ0) is 17.0. The minimum Gasteiger partial charge on any atom is -0.413 e. The van der Waals surface area contributed by atoms with Gasteiger partial charge in [-0.15, -0.1) is 0 Å². The fourth-order valence-corrected chi connectivity index (χ4v) is 3.27. The number of benzene rings is 1. The van der Waals surface area contributed by atoms with Gasteiger partial charge >= 0.3 is 0 Å². The average Bonchev–Trinajstić information content (AvgIpc) is 2.35. The van der Waals surface area contributed by atoms with Gasteiger partial charge in [0.2, 0.25) is 0 Å². The highest BCUT2D eigenvalue weighted by Crippen LogP contribution is 2.37. The van der Waals surface area contributed by atoms with Gasteiger partial charge in [0.1, 0.15) is 0 Å². The molecule has 0 heterocycles. The molecule has 4 heteroatoms. The molecule has 0 bridgehead atoms. The molecular weight excluding hydrogens is 302 g/mol. The topological polar surface area (TPSA) is 21.6 Å². The molecule has 0 aliphatic carbocycles. The molecule has 0 unspecified atom stereocenters. The summed E-state index contributed by atoms with van der Waals surface area (Å²) in [5.74, 6) is 0. The SMILES string of the molecule is CC(C)(C)[Si](C)(C)OCc1ccccc1/C=N/C[Si](C)(C)C. The van der Waals surface area contributed by atoms with E-state index in [1.54, 1.807) is 0 Å². The molecule has 1 aromatic rings. The quantitative estimate of drug-likeness (QED) is 0.496. The van der Waals surface area contributed by atoms with E-state index in [9.17, 15) is 0 Å². The van der Waals surface area contributed by atoms with Gasteiger partial charge in [-0.3, -0.25) is 4.99 Å². The summed E-state index contributed by atoms with van der Waals surface area (Å²) in [4.78, 5) is 4.66. The fraction of sp³-hybridized carbons (Fsp3) is 0.611. The van der Waals surface area contributed by atoms with Crippen LogP contribution in [0.5, 0.6) is 0 Å². The molecule has 0 aromatic heterocycles. The summed E-state index contributed by atoms with van der Waals surface area (Å²) < 4.78 is 6.35. The summed E-state index contributed by atoms with van der Waals surface area (Å²) >= 11 is 0. The number of hydrogen-bond donors (Lipinski definition) is 0. The second kappa shape index (κ2) is 7.24. The zero-order valence-corrected chi connectivity index (χ0v) is 17.7. The van der Waals surface area contributed by atoms with E-state index in [0.29, 0.717) is 6.61 Å². The molecule has 2 nitrogen and oxygen atoms in total. The Kier molecular flexibility index (Phi) is 6.36. The number of hydrogen-bond acceptors (Lipinski definition) is 2. The molecule has 0 atom stereocenters. The summed E-state index contributed by atoms with van der Waals surface area (Å²) in [6.45, 7) is 19.2. The Morgan fingerprint density at radius 3 is 2.18 bits per heavy atom. The maximum absolute atomic E-state index is 6.35. The molecule has 0 saturated heterocycles. The van der Waals surface area contributed by atoms with Crippen molar-refractivity contribution in [3.8, 4) is 0 Å². The normalized spacial score (nSPS) is 13.8. The lowest BCUT2D eigenvalue weighted by Crippen LogP contribution is -2.40. The third-order valence-corrected chi connectivity index (χ3v) is 9.86. The van der Waals surface area contributed by atoms with Crippen LogP contribution in [0.25, 0.3) is 0 Å². The van der Waals surface area contributed by atoms with Crippen molar-refractivity contribution in [2.45, 2.75) is 65.2 Å². The molecule has 1 aromatic carbocycles. The van der Waals surface area contributed by atoms with Gasteiger partial charge in [0.25, 0.3) is 0 Å². The molecule has 22 heavy (non-hydrogen) atoms. The number of nitrogens with zero attached hydrogens (tertiary/aromatic N) is 1. The van der Waals surface area contributed by atoms with Gasteiger partial charge in [-0.25, -0.2) is 0 Å². The summed E-state index contributed by atoms with van der Waals surface area (Å²) in [6, 6.07) is 8.45. The van der Waals surface area contributed by atoms with Crippen LogP contribution in [-0.2, 0) is 11.0 Å². The lowest BCUT2D eigenvalue weighted by Gasteiger charge is -2.36. The van der Waals surface area contributed by atoms with Gasteiger partial charge < -0.3 is 4.43 Å². The lowest BCUT2D eigenvalue weighted by atomic mass is 10.1. The molecule has 124 valence electrons. The summed E-state index contributed by atoms with van der Waals surface area (Å²) in [5.41, 5.74) is 2.44. The molecule has 0 amide bonds. The Balaban J connectivity index is 2.81. The molecule has 0 spiro atoms. The Labute approximate surface area is 139 Å². The van der Waals surface area contributed by atoms with Crippen molar-refractivity contribution in [1.29, 1.82) is 0 Å². The minimum absolute atomic E-state index is 0.244. The van der Waals surface area contributed by atoms with E-state index >= 15 is 0 Å². The highest BCUT2D eigenvalue weighted by atomic mass is 28.4. The van der Waals surface area contributed by atoms with E-state index in [-0.39, 0.29) is 5.04 Å². The average molecular weight is 336 g/mol. The summed E-state index contributed by atoms with van der Waals surface area (Å²) in [5, 5.41) is 0.244. The fourth-order valence-electron chi connectivity index (χ4n) is 1.68. The standard InChI is InChI=1S/C18H33NOSi2/c1-18(2,3)22(7,8)20-14-17-12-10-9-11-16(17)13-19-15-21(4,5)6/h9-13H,14-15H2,1-8H3/b19-13+. The second-order valence-corrected chi connectivity index (χ2v) is 19.0. The third kappa shape index (κ3) is 6.19. The van der Waals surface area contributed by atoms with E-state index in [2.05, 4.69) is 82.8 Å². The summed E-state index contributed by atoms with van der Waals surface area (Å²) in [7, 11) is -2.83. The zero-order valence-electron chi connectivity index (χ0n) is 15.7. The lowest BCUT2D eigenvalue weighted by molar-refractivity contribution is 0.276. The first-order valence-electron chi connectivity index (χ1n) is 8.14. The number of aliphatic imine (C=N–C) groups is 1. The van der Waals surface area contributed by atoms with Crippen molar-refractivity contribution in [1.82, 2.24) is 0 Å². The van der Waals surface area contributed by atoms with E-state index in [4.69, 9.17) is 4.43 Å². The van der Waals surface area contributed by atoms with Gasteiger partial charge in [0, 0.05) is 12.4 Å². The molecule has 0 fully saturated rings. The first kappa shape index (κ1) is 19.3. The van der Waals surface area contributed by atoms with Crippen molar-refractivity contribution < 1.29 is 4.43 Å². The second-order valence-electron chi connectivity index (χ2n) is 8.78. The predicted octanol–water partition coefficient (Wildman–Crippen LogP) is 5.50. The molecular formula is C18H33NOSi2. The van der Waals surface area contributed by atoms with Crippen LogP contribution in [0, 0.1) is 0 Å². The van der Waals surface area contributed by atoms with Gasteiger partial charge in [-0.2, -0.15) is 0 Å². The Morgan fingerprint density at radius 1 is 1.05 bits per heavy atom. The predicted molar refractivity (Wildman–Crippen MR) is 104 cm³/mol. The molecule has 0 aliphatic rings. The van der Waals surface area contributed by atoms with E-state index in [1.165, 1.54) is 11.1 Å². The van der Waals surface area contributed by atoms with Gasteiger partial charge in [-0.1, -0.05) is 64.7 Å². The molecule has 0 aliphatic heterocycles. The van der Waals surface area contributed by atoms with Crippen molar-refractivity contribution in [3.63, 3.8) is 0 Å². The van der Waals surface area contributed by atoms with Gasteiger partial charge in [0.15, 0.2) is 8.32 Å². The van der Waals surface area contributed by atoms with Crippen LogP contribution in [0.3, 0.4) is 0 Å². The third-order valence-electron chi connectivity index (χ3n) is 4.25. The van der Waals surface area contributed by atoms with Crippen LogP contribution in [0.2, 0.25) is 37.8 Å².